The summed E-state index contributed by atoms with van der Waals surface area (Å²) in [6, 6.07) is 0.426. The molecule has 1 rings (SSSR count). The quantitative estimate of drug-likeness (QED) is 0.808. The van der Waals surface area contributed by atoms with Crippen molar-refractivity contribution in [1.82, 2.24) is 15.5 Å². The SMILES string of the molecule is C=CNC(Cc1nnc(C)s1)CC(C)C. The van der Waals surface area contributed by atoms with Crippen molar-refractivity contribution in [2.75, 3.05) is 0 Å². The summed E-state index contributed by atoms with van der Waals surface area (Å²) in [5.74, 6) is 0.677. The molecule has 3 nitrogen and oxygen atoms in total. The average molecular weight is 225 g/mol. The molecule has 1 heterocycles. The molecule has 0 saturated carbocycles. The van der Waals surface area contributed by atoms with Gasteiger partial charge in [-0.25, -0.2) is 0 Å². The maximum atomic E-state index is 4.14. The highest BCUT2D eigenvalue weighted by Gasteiger charge is 2.12. The summed E-state index contributed by atoms with van der Waals surface area (Å²) in [7, 11) is 0. The van der Waals surface area contributed by atoms with Crippen molar-refractivity contribution in [2.24, 2.45) is 5.92 Å². The Balaban J connectivity index is 2.53. The van der Waals surface area contributed by atoms with Crippen molar-refractivity contribution in [3.8, 4) is 0 Å². The van der Waals surface area contributed by atoms with Gasteiger partial charge >= 0.3 is 0 Å². The molecule has 1 N–H and O–H groups in total. The van der Waals surface area contributed by atoms with E-state index in [0.717, 1.165) is 22.9 Å². The summed E-state index contributed by atoms with van der Waals surface area (Å²) in [5.41, 5.74) is 0. The number of hydrogen-bond donors (Lipinski definition) is 1. The van der Waals surface area contributed by atoms with Gasteiger partial charge in [0.25, 0.3) is 0 Å². The molecule has 0 bridgehead atoms. The van der Waals surface area contributed by atoms with E-state index >= 15 is 0 Å². The fraction of sp³-hybridized carbons (Fsp3) is 0.636. The minimum absolute atomic E-state index is 0.426. The Morgan fingerprint density at radius 1 is 1.47 bits per heavy atom. The highest BCUT2D eigenvalue weighted by Crippen LogP contribution is 2.14. The second kappa shape index (κ2) is 5.85. The minimum Gasteiger partial charge on any atom is -0.388 e. The van der Waals surface area contributed by atoms with Crippen LogP contribution in [0.1, 0.15) is 30.3 Å². The lowest BCUT2D eigenvalue weighted by atomic mass is 10.0. The van der Waals surface area contributed by atoms with Gasteiger partial charge in [0.2, 0.25) is 0 Å². The van der Waals surface area contributed by atoms with E-state index in [1.165, 1.54) is 0 Å². The van der Waals surface area contributed by atoms with E-state index in [0.29, 0.717) is 12.0 Å². The number of nitrogens with one attached hydrogen (secondary N) is 1. The molecular weight excluding hydrogens is 206 g/mol. The predicted molar refractivity (Wildman–Crippen MR) is 64.9 cm³/mol. The highest BCUT2D eigenvalue weighted by atomic mass is 32.1. The van der Waals surface area contributed by atoms with Gasteiger partial charge in [-0.2, -0.15) is 0 Å². The first-order valence-corrected chi connectivity index (χ1v) is 6.09. The molecule has 1 aromatic rings. The van der Waals surface area contributed by atoms with Gasteiger partial charge in [0.15, 0.2) is 0 Å². The zero-order valence-electron chi connectivity index (χ0n) is 9.66. The largest absolute Gasteiger partial charge is 0.388 e. The summed E-state index contributed by atoms with van der Waals surface area (Å²) in [6.07, 6.45) is 3.83. The lowest BCUT2D eigenvalue weighted by Crippen LogP contribution is -2.28. The van der Waals surface area contributed by atoms with Crippen molar-refractivity contribution in [3.63, 3.8) is 0 Å². The van der Waals surface area contributed by atoms with Crippen molar-refractivity contribution in [2.45, 2.75) is 39.7 Å². The van der Waals surface area contributed by atoms with E-state index in [4.69, 9.17) is 0 Å². The fourth-order valence-electron chi connectivity index (χ4n) is 1.58. The Labute approximate surface area is 95.6 Å². The van der Waals surface area contributed by atoms with E-state index in [2.05, 4.69) is 35.9 Å². The molecule has 15 heavy (non-hydrogen) atoms. The zero-order chi connectivity index (χ0) is 11.3. The molecule has 0 spiro atoms. The van der Waals surface area contributed by atoms with Crippen LogP contribution in [0.15, 0.2) is 12.8 Å². The van der Waals surface area contributed by atoms with Crippen LogP contribution in [0.25, 0.3) is 0 Å². The summed E-state index contributed by atoms with van der Waals surface area (Å²) < 4.78 is 0. The van der Waals surface area contributed by atoms with Gasteiger partial charge in [-0.3, -0.25) is 0 Å². The molecule has 0 aliphatic heterocycles. The molecular formula is C11H19N3S. The molecule has 0 radical (unpaired) electrons. The molecule has 1 unspecified atom stereocenters. The Hall–Kier alpha value is -0.900. The van der Waals surface area contributed by atoms with Gasteiger partial charge in [0.05, 0.1) is 0 Å². The first-order chi connectivity index (χ1) is 7.11. The topological polar surface area (TPSA) is 37.8 Å². The Bertz CT molecular complexity index is 307. The van der Waals surface area contributed by atoms with Crippen molar-refractivity contribution < 1.29 is 0 Å². The van der Waals surface area contributed by atoms with Gasteiger partial charge in [0, 0.05) is 12.5 Å². The van der Waals surface area contributed by atoms with E-state index in [1.807, 2.05) is 6.92 Å². The van der Waals surface area contributed by atoms with Crippen LogP contribution in [0.2, 0.25) is 0 Å². The van der Waals surface area contributed by atoms with E-state index in [-0.39, 0.29) is 0 Å². The molecule has 0 aromatic carbocycles. The van der Waals surface area contributed by atoms with E-state index in [1.54, 1.807) is 17.5 Å². The molecule has 84 valence electrons. The zero-order valence-corrected chi connectivity index (χ0v) is 10.5. The van der Waals surface area contributed by atoms with E-state index in [9.17, 15) is 0 Å². The molecule has 4 heteroatoms. The van der Waals surface area contributed by atoms with Crippen LogP contribution in [-0.4, -0.2) is 16.2 Å². The number of aryl methyl sites for hydroxylation is 1. The van der Waals surface area contributed by atoms with Crippen LogP contribution in [0.3, 0.4) is 0 Å². The fourth-order valence-corrected chi connectivity index (χ4v) is 2.37. The summed E-state index contributed by atoms with van der Waals surface area (Å²) in [6.45, 7) is 10.1. The van der Waals surface area contributed by atoms with Crippen LogP contribution in [0.5, 0.6) is 0 Å². The van der Waals surface area contributed by atoms with Crippen LogP contribution < -0.4 is 5.32 Å². The second-order valence-electron chi connectivity index (χ2n) is 4.12. The number of hydrogen-bond acceptors (Lipinski definition) is 4. The highest BCUT2D eigenvalue weighted by molar-refractivity contribution is 7.11. The first kappa shape index (κ1) is 12.2. The lowest BCUT2D eigenvalue weighted by Gasteiger charge is -2.17. The molecule has 0 aliphatic rings. The molecule has 1 atom stereocenters. The van der Waals surface area contributed by atoms with Gasteiger partial charge in [0.1, 0.15) is 10.0 Å². The van der Waals surface area contributed by atoms with Crippen molar-refractivity contribution in [1.29, 1.82) is 0 Å². The third-order valence-electron chi connectivity index (χ3n) is 2.10. The molecule has 0 fully saturated rings. The number of nitrogens with zero attached hydrogens (tertiary/aromatic N) is 2. The van der Waals surface area contributed by atoms with Crippen LogP contribution in [0, 0.1) is 12.8 Å². The summed E-state index contributed by atoms with van der Waals surface area (Å²) in [4.78, 5) is 0. The first-order valence-electron chi connectivity index (χ1n) is 5.27. The van der Waals surface area contributed by atoms with Gasteiger partial charge in [-0.05, 0) is 25.5 Å². The van der Waals surface area contributed by atoms with Crippen LogP contribution in [0.4, 0.5) is 0 Å². The van der Waals surface area contributed by atoms with E-state index < -0.39 is 0 Å². The van der Waals surface area contributed by atoms with Gasteiger partial charge in [-0.1, -0.05) is 20.4 Å². The van der Waals surface area contributed by atoms with Crippen molar-refractivity contribution >= 4 is 11.3 Å². The number of rotatable bonds is 6. The second-order valence-corrected chi connectivity index (χ2v) is 5.38. The predicted octanol–water partition coefficient (Wildman–Crippen LogP) is 2.54. The summed E-state index contributed by atoms with van der Waals surface area (Å²) in [5, 5.41) is 13.6. The third-order valence-corrected chi connectivity index (χ3v) is 2.96. The van der Waals surface area contributed by atoms with Gasteiger partial charge in [-0.15, -0.1) is 21.5 Å². The Morgan fingerprint density at radius 2 is 2.20 bits per heavy atom. The Morgan fingerprint density at radius 3 is 2.67 bits per heavy atom. The normalized spacial score (nSPS) is 12.8. The number of aromatic nitrogens is 2. The van der Waals surface area contributed by atoms with Crippen LogP contribution in [-0.2, 0) is 6.42 Å². The van der Waals surface area contributed by atoms with Crippen LogP contribution >= 0.6 is 11.3 Å². The van der Waals surface area contributed by atoms with Gasteiger partial charge < -0.3 is 5.32 Å². The maximum absolute atomic E-state index is 4.14. The molecule has 0 aliphatic carbocycles. The molecule has 0 saturated heterocycles. The standard InChI is InChI=1S/C11H19N3S/c1-5-12-10(6-8(2)3)7-11-14-13-9(4)15-11/h5,8,10,12H,1,6-7H2,2-4H3. The molecule has 1 aromatic heterocycles. The maximum Gasteiger partial charge on any atom is 0.119 e. The molecule has 0 amide bonds. The van der Waals surface area contributed by atoms with Crippen molar-refractivity contribution in [3.05, 3.63) is 22.8 Å². The third kappa shape index (κ3) is 4.42. The minimum atomic E-state index is 0.426. The average Bonchev–Trinajstić information content (AvgIpc) is 2.50. The smallest absolute Gasteiger partial charge is 0.119 e. The lowest BCUT2D eigenvalue weighted by molar-refractivity contribution is 0.451. The Kier molecular flexibility index (Phi) is 4.75. The summed E-state index contributed by atoms with van der Waals surface area (Å²) >= 11 is 1.67. The monoisotopic (exact) mass is 225 g/mol.